The largest absolute Gasteiger partial charge is 0.466 e. The molecule has 0 heterocycles. The van der Waals surface area contributed by atoms with Crippen molar-refractivity contribution < 1.29 is 19.1 Å². The highest BCUT2D eigenvalue weighted by Gasteiger charge is 2.10. The zero-order valence-corrected chi connectivity index (χ0v) is 23.5. The molecule has 0 aliphatic rings. The van der Waals surface area contributed by atoms with E-state index in [9.17, 15) is 9.59 Å². The maximum absolute atomic E-state index is 11.9. The third kappa shape index (κ3) is 24.1. The molecule has 0 aliphatic carbocycles. The van der Waals surface area contributed by atoms with Gasteiger partial charge in [-0.3, -0.25) is 9.59 Å². The molecule has 0 bridgehead atoms. The summed E-state index contributed by atoms with van der Waals surface area (Å²) in [6.07, 6.45) is 19.9. The molecule has 0 radical (unpaired) electrons. The van der Waals surface area contributed by atoms with Gasteiger partial charge in [-0.05, 0) is 56.3 Å². The predicted molar refractivity (Wildman–Crippen MR) is 144 cm³/mol. The number of esters is 2. The lowest BCUT2D eigenvalue weighted by Crippen LogP contribution is -2.09. The molecule has 0 spiro atoms. The fourth-order valence-corrected chi connectivity index (χ4v) is 4.31. The summed E-state index contributed by atoms with van der Waals surface area (Å²) in [5.74, 6) is 1.98. The second kappa shape index (κ2) is 23.7. The summed E-state index contributed by atoms with van der Waals surface area (Å²) in [7, 11) is 0. The fraction of sp³-hybridized carbons (Fsp3) is 0.933. The molecule has 34 heavy (non-hydrogen) atoms. The van der Waals surface area contributed by atoms with Crippen molar-refractivity contribution in [2.75, 3.05) is 13.2 Å². The van der Waals surface area contributed by atoms with Crippen molar-refractivity contribution in [2.45, 2.75) is 150 Å². The summed E-state index contributed by atoms with van der Waals surface area (Å²) in [6, 6.07) is 0. The van der Waals surface area contributed by atoms with Crippen LogP contribution < -0.4 is 0 Å². The van der Waals surface area contributed by atoms with Crippen LogP contribution in [0.15, 0.2) is 0 Å². The molecule has 0 aromatic heterocycles. The van der Waals surface area contributed by atoms with Crippen molar-refractivity contribution in [1.82, 2.24) is 0 Å². The van der Waals surface area contributed by atoms with Crippen molar-refractivity contribution in [3.63, 3.8) is 0 Å². The van der Waals surface area contributed by atoms with Crippen molar-refractivity contribution in [3.05, 3.63) is 0 Å². The normalized spacial score (nSPS) is 12.3. The van der Waals surface area contributed by atoms with Crippen LogP contribution in [0.25, 0.3) is 0 Å². The van der Waals surface area contributed by atoms with E-state index in [0.29, 0.717) is 43.8 Å². The molecule has 4 heteroatoms. The minimum Gasteiger partial charge on any atom is -0.466 e. The van der Waals surface area contributed by atoms with Crippen LogP contribution in [-0.4, -0.2) is 25.2 Å². The monoisotopic (exact) mass is 482 g/mol. The van der Waals surface area contributed by atoms with Crippen molar-refractivity contribution in [1.29, 1.82) is 0 Å². The molecule has 0 saturated heterocycles. The van der Waals surface area contributed by atoms with Crippen LogP contribution in [0.1, 0.15) is 150 Å². The number of ether oxygens (including phenoxy) is 2. The Morgan fingerprint density at radius 3 is 1.44 bits per heavy atom. The Bertz CT molecular complexity index is 472. The van der Waals surface area contributed by atoms with Gasteiger partial charge in [0.15, 0.2) is 0 Å². The molecule has 1 unspecified atom stereocenters. The predicted octanol–water partition coefficient (Wildman–Crippen LogP) is 9.04. The van der Waals surface area contributed by atoms with E-state index in [1.807, 2.05) is 0 Å². The lowest BCUT2D eigenvalue weighted by Gasteiger charge is -2.14. The van der Waals surface area contributed by atoms with Gasteiger partial charge in [0.1, 0.15) is 0 Å². The zero-order valence-electron chi connectivity index (χ0n) is 23.5. The van der Waals surface area contributed by atoms with Crippen molar-refractivity contribution in [2.24, 2.45) is 17.8 Å². The van der Waals surface area contributed by atoms with Gasteiger partial charge in [0, 0.05) is 12.8 Å². The van der Waals surface area contributed by atoms with Crippen molar-refractivity contribution in [3.8, 4) is 0 Å². The summed E-state index contributed by atoms with van der Waals surface area (Å²) in [5, 5.41) is 0. The van der Waals surface area contributed by atoms with Gasteiger partial charge in [-0.1, -0.05) is 98.8 Å². The molecule has 0 aromatic carbocycles. The molecular weight excluding hydrogens is 424 g/mol. The molecule has 0 saturated carbocycles. The first-order valence-corrected chi connectivity index (χ1v) is 14.7. The van der Waals surface area contributed by atoms with Gasteiger partial charge < -0.3 is 9.47 Å². The van der Waals surface area contributed by atoms with E-state index in [1.165, 1.54) is 51.4 Å². The number of unbranched alkanes of at least 4 members (excludes halogenated alkanes) is 8. The first-order chi connectivity index (χ1) is 16.3. The highest BCUT2D eigenvalue weighted by Crippen LogP contribution is 2.20. The van der Waals surface area contributed by atoms with E-state index in [-0.39, 0.29) is 11.9 Å². The van der Waals surface area contributed by atoms with E-state index < -0.39 is 0 Å². The van der Waals surface area contributed by atoms with Gasteiger partial charge in [-0.2, -0.15) is 0 Å². The van der Waals surface area contributed by atoms with Crippen LogP contribution in [0.5, 0.6) is 0 Å². The van der Waals surface area contributed by atoms with Crippen LogP contribution in [0.3, 0.4) is 0 Å². The van der Waals surface area contributed by atoms with Crippen LogP contribution in [0.2, 0.25) is 0 Å². The molecule has 4 nitrogen and oxygen atoms in total. The summed E-state index contributed by atoms with van der Waals surface area (Å²) in [5.41, 5.74) is 0. The Labute approximate surface area is 212 Å². The van der Waals surface area contributed by atoms with E-state index in [4.69, 9.17) is 9.47 Å². The third-order valence-electron chi connectivity index (χ3n) is 6.71. The van der Waals surface area contributed by atoms with Gasteiger partial charge in [0.25, 0.3) is 0 Å². The Morgan fingerprint density at radius 2 is 0.971 bits per heavy atom. The SMILES string of the molecule is CCC(CCCCCCCCCCCC(=O)OCCCC(C)C)CCC(=O)OCCCC(C)C. The first-order valence-electron chi connectivity index (χ1n) is 14.7. The molecule has 202 valence electrons. The average Bonchev–Trinajstić information content (AvgIpc) is 2.79. The first kappa shape index (κ1) is 32.9. The highest BCUT2D eigenvalue weighted by atomic mass is 16.5. The van der Waals surface area contributed by atoms with E-state index in [1.54, 1.807) is 0 Å². The Kier molecular flexibility index (Phi) is 22.9. The molecular formula is C30H58O4. The smallest absolute Gasteiger partial charge is 0.305 e. The number of carbonyl (C=O) groups is 2. The van der Waals surface area contributed by atoms with Gasteiger partial charge >= 0.3 is 11.9 Å². The third-order valence-corrected chi connectivity index (χ3v) is 6.71. The summed E-state index contributed by atoms with van der Waals surface area (Å²) in [6.45, 7) is 12.2. The Hall–Kier alpha value is -1.06. The second-order valence-electron chi connectivity index (χ2n) is 11.0. The molecule has 0 amide bonds. The lowest BCUT2D eigenvalue weighted by molar-refractivity contribution is -0.145. The van der Waals surface area contributed by atoms with E-state index >= 15 is 0 Å². The molecule has 0 aromatic rings. The van der Waals surface area contributed by atoms with Gasteiger partial charge in [0.05, 0.1) is 13.2 Å². The van der Waals surface area contributed by atoms with E-state index in [2.05, 4.69) is 34.6 Å². The second-order valence-corrected chi connectivity index (χ2v) is 11.0. The summed E-state index contributed by atoms with van der Waals surface area (Å²) in [4.78, 5) is 23.6. The number of hydrogen-bond donors (Lipinski definition) is 0. The molecule has 1 atom stereocenters. The number of carbonyl (C=O) groups excluding carboxylic acids is 2. The average molecular weight is 483 g/mol. The standard InChI is InChI=1S/C30H58O4/c1-6-28(22-23-30(32)34-25-17-19-27(4)5)20-14-12-10-8-7-9-11-13-15-21-29(31)33-24-16-18-26(2)3/h26-28H,6-25H2,1-5H3. The highest BCUT2D eigenvalue weighted by molar-refractivity contribution is 5.69. The van der Waals surface area contributed by atoms with Gasteiger partial charge in [-0.25, -0.2) is 0 Å². The number of rotatable bonds is 24. The van der Waals surface area contributed by atoms with Crippen molar-refractivity contribution >= 4 is 11.9 Å². The fourth-order valence-electron chi connectivity index (χ4n) is 4.31. The maximum Gasteiger partial charge on any atom is 0.305 e. The molecule has 0 N–H and O–H groups in total. The summed E-state index contributed by atoms with van der Waals surface area (Å²) >= 11 is 0. The lowest BCUT2D eigenvalue weighted by atomic mass is 9.93. The van der Waals surface area contributed by atoms with E-state index in [0.717, 1.165) is 51.4 Å². The Balaban J connectivity index is 3.47. The minimum absolute atomic E-state index is 0.0132. The number of hydrogen-bond acceptors (Lipinski definition) is 4. The Morgan fingerprint density at radius 1 is 0.529 bits per heavy atom. The van der Waals surface area contributed by atoms with Gasteiger partial charge in [-0.15, -0.1) is 0 Å². The molecule has 0 rings (SSSR count). The maximum atomic E-state index is 11.9. The molecule has 0 aliphatic heterocycles. The zero-order chi connectivity index (χ0) is 25.4. The molecule has 0 fully saturated rings. The van der Waals surface area contributed by atoms with Crippen LogP contribution in [-0.2, 0) is 19.1 Å². The van der Waals surface area contributed by atoms with Crippen LogP contribution in [0.4, 0.5) is 0 Å². The summed E-state index contributed by atoms with van der Waals surface area (Å²) < 4.78 is 10.7. The van der Waals surface area contributed by atoms with Crippen LogP contribution in [0, 0.1) is 17.8 Å². The quantitative estimate of drug-likeness (QED) is 0.102. The minimum atomic E-state index is -0.0207. The van der Waals surface area contributed by atoms with Crippen LogP contribution >= 0.6 is 0 Å². The van der Waals surface area contributed by atoms with Gasteiger partial charge in [0.2, 0.25) is 0 Å². The topological polar surface area (TPSA) is 52.6 Å².